The summed E-state index contributed by atoms with van der Waals surface area (Å²) >= 11 is 0. The van der Waals surface area contributed by atoms with E-state index < -0.39 is 6.10 Å². The summed E-state index contributed by atoms with van der Waals surface area (Å²) in [4.78, 5) is 4.44. The van der Waals surface area contributed by atoms with Gasteiger partial charge in [-0.1, -0.05) is 93.6 Å². The van der Waals surface area contributed by atoms with Crippen molar-refractivity contribution < 1.29 is 9.84 Å². The summed E-state index contributed by atoms with van der Waals surface area (Å²) in [5, 5.41) is 11.4. The van der Waals surface area contributed by atoms with Crippen molar-refractivity contribution in [3.8, 4) is 17.0 Å². The van der Waals surface area contributed by atoms with Gasteiger partial charge in [-0.15, -0.1) is 0 Å². The Kier molecular flexibility index (Phi) is 6.38. The molecular weight excluding hydrogens is 394 g/mol. The summed E-state index contributed by atoms with van der Waals surface area (Å²) in [5.41, 5.74) is 5.47. The maximum absolute atomic E-state index is 11.4. The minimum absolute atomic E-state index is 0.127. The van der Waals surface area contributed by atoms with Crippen LogP contribution in [-0.4, -0.2) is 10.1 Å². The largest absolute Gasteiger partial charge is 0.488 e. The molecule has 4 aromatic rings. The van der Waals surface area contributed by atoms with Gasteiger partial charge in [0.2, 0.25) is 0 Å². The lowest BCUT2D eigenvalue weighted by atomic mass is 9.84. The van der Waals surface area contributed by atoms with Crippen molar-refractivity contribution in [3.63, 3.8) is 0 Å². The molecule has 0 spiro atoms. The van der Waals surface area contributed by atoms with E-state index in [-0.39, 0.29) is 5.41 Å². The molecule has 3 aromatic carbocycles. The Morgan fingerprint density at radius 2 is 1.59 bits per heavy atom. The fourth-order valence-electron chi connectivity index (χ4n) is 3.83. The zero-order valence-electron chi connectivity index (χ0n) is 18.8. The van der Waals surface area contributed by atoms with Crippen LogP contribution >= 0.6 is 0 Å². The van der Waals surface area contributed by atoms with Crippen molar-refractivity contribution in [1.29, 1.82) is 0 Å². The molecule has 32 heavy (non-hydrogen) atoms. The van der Waals surface area contributed by atoms with Gasteiger partial charge in [-0.3, -0.25) is 4.98 Å². The molecule has 0 aliphatic carbocycles. The highest BCUT2D eigenvalue weighted by Gasteiger charge is 2.25. The third kappa shape index (κ3) is 4.90. The molecule has 1 N–H and O–H groups in total. The van der Waals surface area contributed by atoms with Crippen LogP contribution in [0.25, 0.3) is 11.3 Å². The Bertz CT molecular complexity index is 1160. The molecule has 1 unspecified atom stereocenters. The molecule has 0 saturated heterocycles. The average Bonchev–Trinajstić information content (AvgIpc) is 2.83. The average molecular weight is 424 g/mol. The molecule has 0 bridgehead atoms. The number of rotatable bonds is 6. The molecule has 1 aromatic heterocycles. The topological polar surface area (TPSA) is 42.4 Å². The molecule has 0 saturated carbocycles. The molecule has 0 amide bonds. The second kappa shape index (κ2) is 9.37. The number of hydrogen-bond donors (Lipinski definition) is 1. The van der Waals surface area contributed by atoms with E-state index in [4.69, 9.17) is 4.74 Å². The molecular formula is C29H29NO2. The van der Waals surface area contributed by atoms with E-state index in [0.717, 1.165) is 39.3 Å². The van der Waals surface area contributed by atoms with Gasteiger partial charge >= 0.3 is 0 Å². The maximum Gasteiger partial charge on any atom is 0.129 e. The smallest absolute Gasteiger partial charge is 0.129 e. The Labute approximate surface area is 190 Å². The number of hydrogen-bond acceptors (Lipinski definition) is 3. The molecule has 4 rings (SSSR count). The molecule has 162 valence electrons. The highest BCUT2D eigenvalue weighted by molar-refractivity contribution is 5.60. The van der Waals surface area contributed by atoms with Crippen LogP contribution in [0.3, 0.4) is 0 Å². The number of pyridine rings is 1. The van der Waals surface area contributed by atoms with Crippen LogP contribution in [0.2, 0.25) is 0 Å². The monoisotopic (exact) mass is 423 g/mol. The van der Waals surface area contributed by atoms with E-state index >= 15 is 0 Å². The van der Waals surface area contributed by atoms with Gasteiger partial charge in [0.15, 0.2) is 0 Å². The number of aliphatic hydroxyl groups is 1. The quantitative estimate of drug-likeness (QED) is 0.375. The lowest BCUT2D eigenvalue weighted by Gasteiger charge is -2.26. The van der Waals surface area contributed by atoms with Crippen molar-refractivity contribution in [2.45, 2.75) is 38.9 Å². The van der Waals surface area contributed by atoms with Gasteiger partial charge in [-0.2, -0.15) is 0 Å². The Morgan fingerprint density at radius 1 is 0.844 bits per heavy atom. The third-order valence-corrected chi connectivity index (χ3v) is 5.54. The molecule has 3 heteroatoms. The molecule has 0 aliphatic rings. The van der Waals surface area contributed by atoms with Gasteiger partial charge in [0.25, 0.3) is 0 Å². The number of aliphatic hydroxyl groups excluding tert-OH is 1. The van der Waals surface area contributed by atoms with Gasteiger partial charge < -0.3 is 9.84 Å². The van der Waals surface area contributed by atoms with Crippen molar-refractivity contribution in [3.05, 3.63) is 119 Å². The standard InChI is InChI=1S/C29H29NO2/c1-29(2,3)25-16-10-15-24(28(25)32-20-21-11-5-4-6-12-21)27(31)23-14-9-13-22(19-23)26-17-7-8-18-30-26/h4-19,27,31H,20H2,1-3H3. The van der Waals surface area contributed by atoms with E-state index in [1.807, 2.05) is 84.9 Å². The van der Waals surface area contributed by atoms with Gasteiger partial charge in [0, 0.05) is 17.3 Å². The highest BCUT2D eigenvalue weighted by Crippen LogP contribution is 2.39. The summed E-state index contributed by atoms with van der Waals surface area (Å²) in [5.74, 6) is 0.750. The van der Waals surface area contributed by atoms with Crippen molar-refractivity contribution in [2.75, 3.05) is 0 Å². The minimum atomic E-state index is -0.813. The van der Waals surface area contributed by atoms with E-state index in [0.29, 0.717) is 6.61 Å². The van der Waals surface area contributed by atoms with Crippen molar-refractivity contribution >= 4 is 0 Å². The lowest BCUT2D eigenvalue weighted by Crippen LogP contribution is -2.16. The predicted molar refractivity (Wildman–Crippen MR) is 130 cm³/mol. The number of ether oxygens (including phenoxy) is 1. The molecule has 1 heterocycles. The first-order chi connectivity index (χ1) is 15.4. The number of aromatic nitrogens is 1. The first kappa shape index (κ1) is 21.8. The lowest BCUT2D eigenvalue weighted by molar-refractivity contribution is 0.208. The van der Waals surface area contributed by atoms with E-state index in [1.165, 1.54) is 0 Å². The van der Waals surface area contributed by atoms with Crippen molar-refractivity contribution in [2.24, 2.45) is 0 Å². The summed E-state index contributed by atoms with van der Waals surface area (Å²) in [6.07, 6.45) is 0.965. The van der Waals surface area contributed by atoms with Gasteiger partial charge in [0.05, 0.1) is 5.69 Å². The van der Waals surface area contributed by atoms with Crippen LogP contribution < -0.4 is 4.74 Å². The van der Waals surface area contributed by atoms with Crippen LogP contribution in [0.15, 0.2) is 97.2 Å². The fraction of sp³-hybridized carbons (Fsp3) is 0.207. The van der Waals surface area contributed by atoms with Crippen molar-refractivity contribution in [1.82, 2.24) is 4.98 Å². The van der Waals surface area contributed by atoms with Gasteiger partial charge in [-0.05, 0) is 40.3 Å². The van der Waals surface area contributed by atoms with Crippen LogP contribution in [0.1, 0.15) is 49.1 Å². The first-order valence-electron chi connectivity index (χ1n) is 10.9. The summed E-state index contributed by atoms with van der Waals surface area (Å²) in [7, 11) is 0. The van der Waals surface area contributed by atoms with Gasteiger partial charge in [-0.25, -0.2) is 0 Å². The number of benzene rings is 3. The SMILES string of the molecule is CC(C)(C)c1cccc(C(O)c2cccc(-c3ccccn3)c2)c1OCc1ccccc1. The Balaban J connectivity index is 1.72. The maximum atomic E-state index is 11.4. The zero-order chi connectivity index (χ0) is 22.6. The molecule has 3 nitrogen and oxygen atoms in total. The normalized spacial score (nSPS) is 12.4. The number of nitrogens with zero attached hydrogens (tertiary/aromatic N) is 1. The molecule has 1 atom stereocenters. The second-order valence-corrected chi connectivity index (χ2v) is 8.99. The Morgan fingerprint density at radius 3 is 2.31 bits per heavy atom. The fourth-order valence-corrected chi connectivity index (χ4v) is 3.83. The van der Waals surface area contributed by atoms with Crippen LogP contribution in [-0.2, 0) is 12.0 Å². The Hall–Kier alpha value is -3.43. The van der Waals surface area contributed by atoms with E-state index in [1.54, 1.807) is 6.20 Å². The minimum Gasteiger partial charge on any atom is -0.488 e. The number of para-hydroxylation sites is 1. The second-order valence-electron chi connectivity index (χ2n) is 8.99. The third-order valence-electron chi connectivity index (χ3n) is 5.54. The van der Waals surface area contributed by atoms with Gasteiger partial charge in [0.1, 0.15) is 18.5 Å². The highest BCUT2D eigenvalue weighted by atomic mass is 16.5. The molecule has 0 radical (unpaired) electrons. The van der Waals surface area contributed by atoms with E-state index in [2.05, 4.69) is 31.8 Å². The first-order valence-corrected chi connectivity index (χ1v) is 10.9. The summed E-state index contributed by atoms with van der Waals surface area (Å²) in [6.45, 7) is 6.93. The predicted octanol–water partition coefficient (Wildman–Crippen LogP) is 6.71. The van der Waals surface area contributed by atoms with Crippen LogP contribution in [0.4, 0.5) is 0 Å². The van der Waals surface area contributed by atoms with E-state index in [9.17, 15) is 5.11 Å². The molecule has 0 fully saturated rings. The summed E-state index contributed by atoms with van der Waals surface area (Å²) in [6, 6.07) is 29.9. The summed E-state index contributed by atoms with van der Waals surface area (Å²) < 4.78 is 6.37. The van der Waals surface area contributed by atoms with Crippen LogP contribution in [0.5, 0.6) is 5.75 Å². The zero-order valence-corrected chi connectivity index (χ0v) is 18.8. The van der Waals surface area contributed by atoms with Crippen LogP contribution in [0, 0.1) is 0 Å². The molecule has 0 aliphatic heterocycles.